The van der Waals surface area contributed by atoms with Crippen molar-refractivity contribution in [3.05, 3.63) is 58.0 Å². The summed E-state index contributed by atoms with van der Waals surface area (Å²) in [5.41, 5.74) is -1.12. The molecule has 1 fully saturated rings. The molecule has 0 radical (unpaired) electrons. The summed E-state index contributed by atoms with van der Waals surface area (Å²) >= 11 is 1.41. The molecule has 2 aromatic heterocycles. The van der Waals surface area contributed by atoms with Gasteiger partial charge < -0.3 is 29.1 Å². The largest absolute Gasteiger partial charge is 0.478 e. The molecule has 262 valence electrons. The fourth-order valence-corrected chi connectivity index (χ4v) is 6.48. The lowest BCUT2D eigenvalue weighted by atomic mass is 9.82. The van der Waals surface area contributed by atoms with Crippen LogP contribution in [0.25, 0.3) is 0 Å². The minimum Gasteiger partial charge on any atom is -0.478 e. The molecule has 0 saturated heterocycles. The second kappa shape index (κ2) is 16.1. The average Bonchev–Trinajstić information content (AvgIpc) is 3.51. The number of carbonyl (C=O) groups excluding carboxylic acids is 1. The number of aryl methyl sites for hydroxylation is 2. The van der Waals surface area contributed by atoms with Crippen molar-refractivity contribution in [3.8, 4) is 11.6 Å². The van der Waals surface area contributed by atoms with Crippen molar-refractivity contribution >= 4 is 34.0 Å². The number of benzene rings is 1. The van der Waals surface area contributed by atoms with Gasteiger partial charge in [0.2, 0.25) is 11.8 Å². The number of methoxy groups -OCH3 is 2. The molecule has 1 N–H and O–H groups in total. The minimum absolute atomic E-state index is 0.0495. The first-order valence-corrected chi connectivity index (χ1v) is 16.3. The van der Waals surface area contributed by atoms with E-state index in [1.54, 1.807) is 0 Å². The maximum atomic E-state index is 15.8. The Balaban J connectivity index is 1.69. The Morgan fingerprint density at radius 3 is 2.29 bits per heavy atom. The lowest BCUT2D eigenvalue weighted by Gasteiger charge is -2.36. The second-order valence-corrected chi connectivity index (χ2v) is 13.0. The Kier molecular flexibility index (Phi) is 12.4. The molecule has 0 aliphatic heterocycles. The van der Waals surface area contributed by atoms with Gasteiger partial charge in [-0.05, 0) is 56.1 Å². The summed E-state index contributed by atoms with van der Waals surface area (Å²) in [5, 5.41) is 12.8. The summed E-state index contributed by atoms with van der Waals surface area (Å²) in [6, 6.07) is 1.61. The summed E-state index contributed by atoms with van der Waals surface area (Å²) in [5.74, 6) is -4.90. The quantitative estimate of drug-likeness (QED) is 0.181. The van der Waals surface area contributed by atoms with Gasteiger partial charge in [0.05, 0.1) is 36.2 Å². The number of thiazole rings is 1. The van der Waals surface area contributed by atoms with Crippen molar-refractivity contribution in [2.45, 2.75) is 57.7 Å². The number of rotatable bonds is 14. The van der Waals surface area contributed by atoms with Crippen LogP contribution in [-0.4, -0.2) is 74.5 Å². The monoisotopic (exact) mass is 696 g/mol. The van der Waals surface area contributed by atoms with Crippen molar-refractivity contribution < 1.29 is 46.5 Å². The molecule has 2 heterocycles. The third kappa shape index (κ3) is 8.99. The number of aromatic carboxylic acids is 1. The summed E-state index contributed by atoms with van der Waals surface area (Å²) in [4.78, 5) is 37.8. The Morgan fingerprint density at radius 2 is 1.73 bits per heavy atom. The number of amides is 1. The van der Waals surface area contributed by atoms with E-state index in [0.29, 0.717) is 30.9 Å². The van der Waals surface area contributed by atoms with Gasteiger partial charge in [-0.15, -0.1) is 11.3 Å². The molecule has 1 aliphatic carbocycles. The van der Waals surface area contributed by atoms with Crippen LogP contribution in [0.2, 0.25) is 0 Å². The van der Waals surface area contributed by atoms with Gasteiger partial charge in [0.15, 0.2) is 16.7 Å². The Morgan fingerprint density at radius 1 is 1.06 bits per heavy atom. The zero-order valence-electron chi connectivity index (χ0n) is 27.5. The number of pyridine rings is 1. The molecular weight excluding hydrogens is 656 g/mol. The van der Waals surface area contributed by atoms with Crippen LogP contribution in [-0.2, 0) is 33.3 Å². The highest BCUT2D eigenvalue weighted by Crippen LogP contribution is 2.40. The molecule has 1 amide bonds. The first-order valence-electron chi connectivity index (χ1n) is 15.5. The van der Waals surface area contributed by atoms with Crippen LogP contribution < -0.4 is 14.5 Å². The summed E-state index contributed by atoms with van der Waals surface area (Å²) in [6.45, 7) is 1.99. The van der Waals surface area contributed by atoms with Crippen molar-refractivity contribution in [1.82, 2.24) is 9.97 Å². The van der Waals surface area contributed by atoms with E-state index >= 15 is 4.39 Å². The molecule has 10 nitrogen and oxygen atoms in total. The van der Waals surface area contributed by atoms with Gasteiger partial charge in [-0.25, -0.2) is 19.2 Å². The number of aromatic nitrogens is 2. The fourth-order valence-electron chi connectivity index (χ4n) is 5.68. The van der Waals surface area contributed by atoms with Gasteiger partial charge in [0, 0.05) is 57.9 Å². The first-order chi connectivity index (χ1) is 22.7. The zero-order chi connectivity index (χ0) is 35.2. The van der Waals surface area contributed by atoms with E-state index in [9.17, 15) is 27.9 Å². The van der Waals surface area contributed by atoms with Crippen molar-refractivity contribution in [1.29, 1.82) is 0 Å². The highest BCUT2D eigenvalue weighted by atomic mass is 32.1. The van der Waals surface area contributed by atoms with Crippen LogP contribution in [0.4, 0.5) is 28.4 Å². The number of nitrogens with zero attached hydrogens (tertiary/aromatic N) is 4. The summed E-state index contributed by atoms with van der Waals surface area (Å²) in [7, 11) is 6.48. The Labute approximate surface area is 280 Å². The number of ether oxygens (including phenoxy) is 3. The van der Waals surface area contributed by atoms with Crippen LogP contribution >= 0.6 is 11.3 Å². The standard InChI is InChI=1S/C33H40F4N4O6S/c1-19-6-9-21(10-7-19)30(42)41(23(16-45-4)17-46-5)27-14-26(34)28(13-24(27)31(43)44)47-29-25(33(35,36)37)12-20(15-38-29)8-11-22-18-48-32(39-22)40(2)3/h12-15,18-19,21,23H,6-11,16-17H2,1-5H3,(H,43,44)/t19-,21-. The highest BCUT2D eigenvalue weighted by molar-refractivity contribution is 7.13. The molecule has 0 unspecified atom stereocenters. The number of hydrogen-bond acceptors (Lipinski definition) is 9. The lowest BCUT2D eigenvalue weighted by Crippen LogP contribution is -2.49. The van der Waals surface area contributed by atoms with Gasteiger partial charge >= 0.3 is 12.1 Å². The van der Waals surface area contributed by atoms with Crippen LogP contribution in [0.1, 0.15) is 59.8 Å². The lowest BCUT2D eigenvalue weighted by molar-refractivity contribution is -0.139. The smallest absolute Gasteiger partial charge is 0.421 e. The number of halogens is 4. The average molecular weight is 697 g/mol. The van der Waals surface area contributed by atoms with E-state index in [1.165, 1.54) is 36.7 Å². The van der Waals surface area contributed by atoms with E-state index in [1.807, 2.05) is 24.4 Å². The molecule has 48 heavy (non-hydrogen) atoms. The Hall–Kier alpha value is -3.82. The number of carbonyl (C=O) groups is 2. The minimum atomic E-state index is -4.92. The fraction of sp³-hybridized carbons (Fsp3) is 0.515. The van der Waals surface area contributed by atoms with E-state index in [4.69, 9.17) is 14.2 Å². The molecule has 15 heteroatoms. The molecule has 1 aliphatic rings. The van der Waals surface area contributed by atoms with E-state index in [2.05, 4.69) is 16.9 Å². The number of anilines is 2. The Bertz CT molecular complexity index is 1570. The van der Waals surface area contributed by atoms with Gasteiger partial charge in [0.25, 0.3) is 0 Å². The number of carboxylic acid groups (broad SMARTS) is 1. The van der Waals surface area contributed by atoms with Crippen LogP contribution in [0.3, 0.4) is 0 Å². The molecule has 3 aromatic rings. The van der Waals surface area contributed by atoms with Crippen molar-refractivity contribution in [2.75, 3.05) is 51.3 Å². The third-order valence-electron chi connectivity index (χ3n) is 8.24. The summed E-state index contributed by atoms with van der Waals surface area (Å²) < 4.78 is 74.3. The SMILES string of the molecule is COCC(COC)N(c1cc(F)c(Oc2ncc(CCc3csc(N(C)C)n3)cc2C(F)(F)F)cc1C(=O)O)C(=O)[C@H]1CC[C@H](C)CC1. The van der Waals surface area contributed by atoms with Gasteiger partial charge in [-0.2, -0.15) is 13.2 Å². The van der Waals surface area contributed by atoms with Crippen LogP contribution in [0.5, 0.6) is 11.6 Å². The van der Waals surface area contributed by atoms with Gasteiger partial charge in [-0.3, -0.25) is 4.79 Å². The topological polar surface area (TPSA) is 114 Å². The van der Waals surface area contributed by atoms with E-state index < -0.39 is 58.6 Å². The maximum absolute atomic E-state index is 15.8. The number of carboxylic acids is 1. The predicted molar refractivity (Wildman–Crippen MR) is 173 cm³/mol. The zero-order valence-corrected chi connectivity index (χ0v) is 28.3. The van der Waals surface area contributed by atoms with Gasteiger partial charge in [0.1, 0.15) is 5.56 Å². The molecule has 1 saturated carbocycles. The highest BCUT2D eigenvalue weighted by Gasteiger charge is 2.38. The second-order valence-electron chi connectivity index (χ2n) is 12.1. The molecule has 4 rings (SSSR count). The molecule has 0 atom stereocenters. The molecule has 0 spiro atoms. The molecular formula is C33H40F4N4O6S. The predicted octanol–water partition coefficient (Wildman–Crippen LogP) is 6.86. The van der Waals surface area contributed by atoms with Crippen LogP contribution in [0.15, 0.2) is 29.8 Å². The van der Waals surface area contributed by atoms with Crippen molar-refractivity contribution in [3.63, 3.8) is 0 Å². The number of hydrogen-bond donors (Lipinski definition) is 1. The van der Waals surface area contributed by atoms with Crippen molar-refractivity contribution in [2.24, 2.45) is 11.8 Å². The van der Waals surface area contributed by atoms with E-state index in [-0.39, 0.29) is 30.9 Å². The van der Waals surface area contributed by atoms with Gasteiger partial charge in [-0.1, -0.05) is 6.92 Å². The third-order valence-corrected chi connectivity index (χ3v) is 9.29. The maximum Gasteiger partial charge on any atom is 0.421 e. The molecule has 1 aromatic carbocycles. The first kappa shape index (κ1) is 37.0. The molecule has 0 bridgehead atoms. The van der Waals surface area contributed by atoms with E-state index in [0.717, 1.165) is 36.2 Å². The summed E-state index contributed by atoms with van der Waals surface area (Å²) in [6.07, 6.45) is -0.429. The van der Waals surface area contributed by atoms with Crippen LogP contribution in [0, 0.1) is 17.7 Å². The number of alkyl halides is 3. The normalized spacial score (nSPS) is 16.6.